The molecule has 3 rings (SSSR count). The maximum atomic E-state index is 13.7. The number of thioether (sulfide) groups is 1. The van der Waals surface area contributed by atoms with Gasteiger partial charge in [0.1, 0.15) is 17.3 Å². The minimum Gasteiger partial charge on any atom is -0.320 e. The summed E-state index contributed by atoms with van der Waals surface area (Å²) in [6.07, 6.45) is 3.48. The highest BCUT2D eigenvalue weighted by Crippen LogP contribution is 2.28. The van der Waals surface area contributed by atoms with Gasteiger partial charge < -0.3 is 5.32 Å². The van der Waals surface area contributed by atoms with Crippen molar-refractivity contribution in [3.63, 3.8) is 0 Å². The van der Waals surface area contributed by atoms with E-state index < -0.39 is 28.5 Å². The normalized spacial score (nSPS) is 12.0. The first-order chi connectivity index (χ1) is 12.9. The second kappa shape index (κ2) is 7.92. The van der Waals surface area contributed by atoms with E-state index in [1.165, 1.54) is 17.8 Å². The molecule has 0 radical (unpaired) electrons. The van der Waals surface area contributed by atoms with Crippen LogP contribution in [0.3, 0.4) is 0 Å². The molecule has 1 heterocycles. The first-order valence-electron chi connectivity index (χ1n) is 8.39. The van der Waals surface area contributed by atoms with Crippen LogP contribution >= 0.6 is 11.8 Å². The number of benzene rings is 2. The molecular weight excluding hydrogens is 368 g/mol. The van der Waals surface area contributed by atoms with E-state index in [2.05, 4.69) is 10.3 Å². The number of hydrogen-bond donors (Lipinski definition) is 1. The fourth-order valence-electron chi connectivity index (χ4n) is 2.59. The highest BCUT2D eigenvalue weighted by atomic mass is 32.2. The molecule has 2 aromatic carbocycles. The van der Waals surface area contributed by atoms with Crippen molar-refractivity contribution < 1.29 is 13.6 Å². The van der Waals surface area contributed by atoms with Gasteiger partial charge in [-0.1, -0.05) is 30.0 Å². The lowest BCUT2D eigenvalue weighted by Crippen LogP contribution is -2.24. The van der Waals surface area contributed by atoms with Crippen molar-refractivity contribution in [2.75, 3.05) is 5.32 Å². The summed E-state index contributed by atoms with van der Waals surface area (Å²) in [5.74, 6) is -2.12. The minimum atomic E-state index is -0.808. The average Bonchev–Trinajstić information content (AvgIpc) is 3.08. The Morgan fingerprint density at radius 1 is 1.19 bits per heavy atom. The number of amides is 1. The Morgan fingerprint density at radius 3 is 2.59 bits per heavy atom. The molecule has 7 heteroatoms. The molecule has 0 bridgehead atoms. The van der Waals surface area contributed by atoms with Gasteiger partial charge in [-0.15, -0.1) is 0 Å². The van der Waals surface area contributed by atoms with Gasteiger partial charge in [-0.25, -0.2) is 13.8 Å². The molecule has 0 saturated heterocycles. The first kappa shape index (κ1) is 19.1. The van der Waals surface area contributed by atoms with Crippen LogP contribution in [0.5, 0.6) is 0 Å². The molecule has 0 fully saturated rings. The number of rotatable bonds is 5. The molecule has 0 aliphatic carbocycles. The number of carbonyl (C=O) groups is 1. The SMILES string of the molecule is Cc1ccc(C)c(-n2ccnc2SC(C)C(=O)Nc2c(F)cccc2F)c1. The van der Waals surface area contributed by atoms with Crippen molar-refractivity contribution in [1.29, 1.82) is 0 Å². The first-order valence-corrected chi connectivity index (χ1v) is 9.27. The Hall–Kier alpha value is -2.67. The Balaban J connectivity index is 1.79. The number of nitrogens with one attached hydrogen (secondary N) is 1. The van der Waals surface area contributed by atoms with Crippen LogP contribution in [-0.4, -0.2) is 20.7 Å². The molecule has 3 aromatic rings. The van der Waals surface area contributed by atoms with Gasteiger partial charge in [0.25, 0.3) is 0 Å². The Labute approximate surface area is 160 Å². The zero-order chi connectivity index (χ0) is 19.6. The Kier molecular flexibility index (Phi) is 5.60. The summed E-state index contributed by atoms with van der Waals surface area (Å²) >= 11 is 1.22. The van der Waals surface area contributed by atoms with Gasteiger partial charge in [-0.3, -0.25) is 9.36 Å². The van der Waals surface area contributed by atoms with Crippen LogP contribution in [0.1, 0.15) is 18.1 Å². The van der Waals surface area contributed by atoms with Crippen LogP contribution in [0, 0.1) is 25.5 Å². The fraction of sp³-hybridized carbons (Fsp3) is 0.200. The molecule has 140 valence electrons. The van der Waals surface area contributed by atoms with E-state index >= 15 is 0 Å². The molecule has 27 heavy (non-hydrogen) atoms. The monoisotopic (exact) mass is 387 g/mol. The van der Waals surface area contributed by atoms with Crippen molar-refractivity contribution >= 4 is 23.4 Å². The van der Waals surface area contributed by atoms with Crippen molar-refractivity contribution in [2.24, 2.45) is 0 Å². The summed E-state index contributed by atoms with van der Waals surface area (Å²) in [5, 5.41) is 2.35. The quantitative estimate of drug-likeness (QED) is 0.634. The molecule has 1 unspecified atom stereocenters. The van der Waals surface area contributed by atoms with Gasteiger partial charge >= 0.3 is 0 Å². The zero-order valence-corrected chi connectivity index (χ0v) is 16.0. The van der Waals surface area contributed by atoms with Gasteiger partial charge in [0.2, 0.25) is 5.91 Å². The zero-order valence-electron chi connectivity index (χ0n) is 15.2. The summed E-state index contributed by atoms with van der Waals surface area (Å²) in [4.78, 5) is 16.7. The van der Waals surface area contributed by atoms with Gasteiger partial charge in [0.15, 0.2) is 5.16 Å². The number of halogens is 2. The molecule has 1 amide bonds. The standard InChI is InChI=1S/C20H19F2N3OS/c1-12-7-8-13(2)17(11-12)25-10-9-23-20(25)27-14(3)19(26)24-18-15(21)5-4-6-16(18)22/h4-11,14H,1-3H3,(H,24,26). The fourth-order valence-corrected chi connectivity index (χ4v) is 3.47. The van der Waals surface area contributed by atoms with E-state index in [-0.39, 0.29) is 0 Å². The predicted octanol–water partition coefficient (Wildman–Crippen LogP) is 4.89. The second-order valence-corrected chi connectivity index (χ2v) is 7.52. The van der Waals surface area contributed by atoms with Gasteiger partial charge in [-0.2, -0.15) is 0 Å². The number of nitrogens with zero attached hydrogens (tertiary/aromatic N) is 2. The maximum Gasteiger partial charge on any atom is 0.237 e. The smallest absolute Gasteiger partial charge is 0.237 e. The minimum absolute atomic E-state index is 0.437. The summed E-state index contributed by atoms with van der Waals surface area (Å²) < 4.78 is 29.4. The molecule has 0 saturated carbocycles. The lowest BCUT2D eigenvalue weighted by atomic mass is 10.1. The summed E-state index contributed by atoms with van der Waals surface area (Å²) in [6, 6.07) is 9.55. The number of para-hydroxylation sites is 1. The van der Waals surface area contributed by atoms with E-state index in [0.717, 1.165) is 28.9 Å². The summed E-state index contributed by atoms with van der Waals surface area (Å²) in [5.41, 5.74) is 2.72. The summed E-state index contributed by atoms with van der Waals surface area (Å²) in [7, 11) is 0. The molecule has 1 N–H and O–H groups in total. The molecule has 0 aliphatic heterocycles. The predicted molar refractivity (Wildman–Crippen MR) is 103 cm³/mol. The highest BCUT2D eigenvalue weighted by Gasteiger charge is 2.21. The number of anilines is 1. The number of aromatic nitrogens is 2. The van der Waals surface area contributed by atoms with E-state index in [0.29, 0.717) is 5.16 Å². The van der Waals surface area contributed by atoms with E-state index in [1.807, 2.05) is 42.8 Å². The molecule has 1 atom stereocenters. The highest BCUT2D eigenvalue weighted by molar-refractivity contribution is 8.00. The van der Waals surface area contributed by atoms with Crippen LogP contribution in [0.2, 0.25) is 0 Å². The number of aryl methyl sites for hydroxylation is 2. The average molecular weight is 387 g/mol. The topological polar surface area (TPSA) is 46.9 Å². The third kappa shape index (κ3) is 4.19. The van der Waals surface area contributed by atoms with Crippen LogP contribution in [-0.2, 0) is 4.79 Å². The molecule has 4 nitrogen and oxygen atoms in total. The molecule has 1 aromatic heterocycles. The summed E-state index contributed by atoms with van der Waals surface area (Å²) in [6.45, 7) is 5.67. The van der Waals surface area contributed by atoms with E-state index in [9.17, 15) is 13.6 Å². The third-order valence-electron chi connectivity index (χ3n) is 4.09. The van der Waals surface area contributed by atoms with Crippen LogP contribution < -0.4 is 5.32 Å². The van der Waals surface area contributed by atoms with Crippen LogP contribution in [0.4, 0.5) is 14.5 Å². The molecule has 0 spiro atoms. The second-order valence-electron chi connectivity index (χ2n) is 6.22. The third-order valence-corrected chi connectivity index (χ3v) is 5.17. The maximum absolute atomic E-state index is 13.7. The molecule has 0 aliphatic rings. The van der Waals surface area contributed by atoms with Gasteiger partial charge in [0.05, 0.1) is 10.9 Å². The number of imidazole rings is 1. The van der Waals surface area contributed by atoms with Crippen molar-refractivity contribution in [3.05, 3.63) is 71.6 Å². The van der Waals surface area contributed by atoms with E-state index in [4.69, 9.17) is 0 Å². The van der Waals surface area contributed by atoms with Crippen molar-refractivity contribution in [3.8, 4) is 5.69 Å². The Morgan fingerprint density at radius 2 is 1.89 bits per heavy atom. The van der Waals surface area contributed by atoms with Crippen molar-refractivity contribution in [1.82, 2.24) is 9.55 Å². The largest absolute Gasteiger partial charge is 0.320 e. The molecular formula is C20H19F2N3OS. The number of hydrogen-bond acceptors (Lipinski definition) is 3. The van der Waals surface area contributed by atoms with Crippen LogP contribution in [0.25, 0.3) is 5.69 Å². The van der Waals surface area contributed by atoms with Gasteiger partial charge in [-0.05, 0) is 50.1 Å². The number of carbonyl (C=O) groups excluding carboxylic acids is 1. The van der Waals surface area contributed by atoms with Crippen molar-refractivity contribution in [2.45, 2.75) is 31.2 Å². The van der Waals surface area contributed by atoms with Crippen LogP contribution in [0.15, 0.2) is 53.9 Å². The van der Waals surface area contributed by atoms with E-state index in [1.54, 1.807) is 13.1 Å². The van der Waals surface area contributed by atoms with Gasteiger partial charge in [0, 0.05) is 12.4 Å². The lowest BCUT2D eigenvalue weighted by molar-refractivity contribution is -0.115. The Bertz CT molecular complexity index is 967. The lowest BCUT2D eigenvalue weighted by Gasteiger charge is -2.15.